The summed E-state index contributed by atoms with van der Waals surface area (Å²) in [6.45, 7) is 6.76. The molecule has 4 rings (SSSR count). The van der Waals surface area contributed by atoms with Gasteiger partial charge in [-0.25, -0.2) is 0 Å². The summed E-state index contributed by atoms with van der Waals surface area (Å²) in [5, 5.41) is 5.43. The third kappa shape index (κ3) is 6.04. The lowest BCUT2D eigenvalue weighted by Gasteiger charge is -2.36. The van der Waals surface area contributed by atoms with Crippen molar-refractivity contribution in [3.05, 3.63) is 35.0 Å². The fourth-order valence-electron chi connectivity index (χ4n) is 4.37. The predicted octanol–water partition coefficient (Wildman–Crippen LogP) is 2.80. The molecule has 1 amide bonds. The van der Waals surface area contributed by atoms with Crippen LogP contribution in [0.4, 0.5) is 0 Å². The number of rotatable bonds is 5. The van der Waals surface area contributed by atoms with Gasteiger partial charge in [-0.2, -0.15) is 0 Å². The first kappa shape index (κ1) is 24.1. The summed E-state index contributed by atoms with van der Waals surface area (Å²) in [6, 6.07) is 5.93. The molecule has 1 aromatic heterocycles. The van der Waals surface area contributed by atoms with Gasteiger partial charge in [0.15, 0.2) is 5.96 Å². The average Bonchev–Trinajstić information content (AvgIpc) is 3.42. The maximum absolute atomic E-state index is 12.4. The van der Waals surface area contributed by atoms with Crippen LogP contribution in [0.15, 0.2) is 29.4 Å². The molecular weight excluding hydrogens is 527 g/mol. The first-order valence-electron chi connectivity index (χ1n) is 10.9. The van der Waals surface area contributed by atoms with Gasteiger partial charge in [-0.1, -0.05) is 11.6 Å². The maximum Gasteiger partial charge on any atom is 0.236 e. The van der Waals surface area contributed by atoms with Gasteiger partial charge in [-0.3, -0.25) is 14.7 Å². The highest BCUT2D eigenvalue weighted by Gasteiger charge is 2.24. The van der Waals surface area contributed by atoms with Crippen LogP contribution in [0.2, 0.25) is 5.02 Å². The van der Waals surface area contributed by atoms with Crippen molar-refractivity contribution >= 4 is 58.3 Å². The number of aliphatic imine (C=N–C) groups is 1. The molecule has 2 fully saturated rings. The van der Waals surface area contributed by atoms with Crippen molar-refractivity contribution in [2.24, 2.45) is 4.99 Å². The van der Waals surface area contributed by atoms with Crippen LogP contribution in [0.3, 0.4) is 0 Å². The molecule has 0 unspecified atom stereocenters. The summed E-state index contributed by atoms with van der Waals surface area (Å²) in [6.07, 6.45) is 5.24. The summed E-state index contributed by atoms with van der Waals surface area (Å²) in [4.78, 5) is 26.7. The Kier molecular flexibility index (Phi) is 8.85. The number of amides is 1. The summed E-state index contributed by atoms with van der Waals surface area (Å²) in [7, 11) is 1.83. The zero-order valence-corrected chi connectivity index (χ0v) is 21.2. The van der Waals surface area contributed by atoms with Crippen LogP contribution in [0, 0.1) is 0 Å². The van der Waals surface area contributed by atoms with Gasteiger partial charge < -0.3 is 20.1 Å². The number of guanidine groups is 1. The molecule has 2 saturated heterocycles. The Balaban J connectivity index is 0.00000272. The normalized spacial score (nSPS) is 17.8. The largest absolute Gasteiger partial charge is 0.361 e. The second kappa shape index (κ2) is 11.4. The van der Waals surface area contributed by atoms with Crippen molar-refractivity contribution in [1.82, 2.24) is 25.0 Å². The van der Waals surface area contributed by atoms with Crippen LogP contribution >= 0.6 is 35.6 Å². The molecule has 0 bridgehead atoms. The van der Waals surface area contributed by atoms with E-state index >= 15 is 0 Å². The molecule has 2 aliphatic rings. The lowest BCUT2D eigenvalue weighted by molar-refractivity contribution is -0.131. The maximum atomic E-state index is 12.4. The molecule has 2 N–H and O–H groups in total. The number of halogens is 2. The number of H-pyrrole nitrogens is 1. The van der Waals surface area contributed by atoms with E-state index < -0.39 is 0 Å². The fourth-order valence-corrected chi connectivity index (χ4v) is 4.55. The van der Waals surface area contributed by atoms with Gasteiger partial charge in [0, 0.05) is 75.0 Å². The summed E-state index contributed by atoms with van der Waals surface area (Å²) in [5.41, 5.74) is 2.36. The third-order valence-electron chi connectivity index (χ3n) is 6.11. The van der Waals surface area contributed by atoms with Crippen LogP contribution in [0.25, 0.3) is 10.9 Å². The molecule has 31 heavy (non-hydrogen) atoms. The number of hydrogen-bond donors (Lipinski definition) is 2. The fraction of sp³-hybridized carbons (Fsp3) is 0.545. The van der Waals surface area contributed by atoms with Crippen LogP contribution < -0.4 is 5.32 Å². The Labute approximate surface area is 206 Å². The molecule has 0 saturated carbocycles. The van der Waals surface area contributed by atoms with Gasteiger partial charge in [-0.15, -0.1) is 24.0 Å². The molecule has 0 aliphatic carbocycles. The second-order valence-electron chi connectivity index (χ2n) is 8.08. The monoisotopic (exact) mass is 558 g/mol. The number of nitrogens with zero attached hydrogens (tertiary/aromatic N) is 4. The van der Waals surface area contributed by atoms with Crippen molar-refractivity contribution in [3.63, 3.8) is 0 Å². The number of aromatic amines is 1. The van der Waals surface area contributed by atoms with Gasteiger partial charge >= 0.3 is 0 Å². The second-order valence-corrected chi connectivity index (χ2v) is 8.52. The molecule has 0 spiro atoms. The molecule has 0 radical (unpaired) electrons. The smallest absolute Gasteiger partial charge is 0.236 e. The Bertz CT molecular complexity index is 903. The van der Waals surface area contributed by atoms with E-state index in [-0.39, 0.29) is 29.9 Å². The number of fused-ring (bicyclic) bond motifs is 1. The Hall–Kier alpha value is -1.52. The topological polar surface area (TPSA) is 67.0 Å². The zero-order chi connectivity index (χ0) is 20.9. The minimum Gasteiger partial charge on any atom is -0.361 e. The molecule has 9 heteroatoms. The highest BCUT2D eigenvalue weighted by molar-refractivity contribution is 14.0. The number of carbonyl (C=O) groups is 1. The predicted molar refractivity (Wildman–Crippen MR) is 138 cm³/mol. The molecular formula is C22H32ClIN6O. The van der Waals surface area contributed by atoms with E-state index in [4.69, 9.17) is 11.6 Å². The zero-order valence-electron chi connectivity index (χ0n) is 18.1. The highest BCUT2D eigenvalue weighted by Crippen LogP contribution is 2.22. The molecule has 2 aliphatic heterocycles. The minimum atomic E-state index is 0. The van der Waals surface area contributed by atoms with Crippen molar-refractivity contribution in [3.8, 4) is 0 Å². The van der Waals surface area contributed by atoms with E-state index in [1.165, 1.54) is 10.9 Å². The number of carbonyl (C=O) groups excluding carboxylic acids is 1. The van der Waals surface area contributed by atoms with Gasteiger partial charge in [0.2, 0.25) is 5.91 Å². The van der Waals surface area contributed by atoms with Crippen molar-refractivity contribution in [1.29, 1.82) is 0 Å². The lowest BCUT2D eigenvalue weighted by Crippen LogP contribution is -2.54. The van der Waals surface area contributed by atoms with Gasteiger partial charge in [0.05, 0.1) is 6.54 Å². The average molecular weight is 559 g/mol. The summed E-state index contributed by atoms with van der Waals surface area (Å²) < 4.78 is 0. The van der Waals surface area contributed by atoms with E-state index in [1.54, 1.807) is 0 Å². The number of piperazine rings is 1. The molecule has 2 aromatic rings. The lowest BCUT2D eigenvalue weighted by atomic mass is 10.1. The summed E-state index contributed by atoms with van der Waals surface area (Å²) in [5.74, 6) is 1.21. The highest BCUT2D eigenvalue weighted by atomic mass is 127. The summed E-state index contributed by atoms with van der Waals surface area (Å²) >= 11 is 6.15. The van der Waals surface area contributed by atoms with Crippen molar-refractivity contribution in [2.75, 3.05) is 59.4 Å². The van der Waals surface area contributed by atoms with Gasteiger partial charge in [0.25, 0.3) is 0 Å². The van der Waals surface area contributed by atoms with Crippen LogP contribution in [0.5, 0.6) is 0 Å². The van der Waals surface area contributed by atoms with Crippen molar-refractivity contribution in [2.45, 2.75) is 19.3 Å². The Morgan fingerprint density at radius 3 is 2.58 bits per heavy atom. The van der Waals surface area contributed by atoms with E-state index in [9.17, 15) is 4.79 Å². The van der Waals surface area contributed by atoms with Crippen LogP contribution in [0.1, 0.15) is 18.4 Å². The van der Waals surface area contributed by atoms with E-state index in [0.717, 1.165) is 81.6 Å². The Morgan fingerprint density at radius 1 is 1.13 bits per heavy atom. The number of aromatic nitrogens is 1. The SMILES string of the molecule is CN=C(NCCc1c[nH]c2ccc(Cl)cc12)N1CCN(CC(=O)N2CCCC2)CC1.I. The van der Waals surface area contributed by atoms with Gasteiger partial charge in [0.1, 0.15) is 0 Å². The standard InChI is InChI=1S/C22H31ClN6O.HI/c1-24-22(25-7-6-17-15-26-20-5-4-18(23)14-19(17)20)29-12-10-27(11-13-29)16-21(30)28-8-2-3-9-28;/h4-5,14-15,26H,2-3,6-13,16H2,1H3,(H,24,25);1H. The van der Waals surface area contributed by atoms with Gasteiger partial charge in [-0.05, 0) is 43.0 Å². The molecule has 7 nitrogen and oxygen atoms in total. The quantitative estimate of drug-likeness (QED) is 0.337. The number of hydrogen-bond acceptors (Lipinski definition) is 3. The molecule has 0 atom stereocenters. The molecule has 3 heterocycles. The first-order chi connectivity index (χ1) is 14.6. The minimum absolute atomic E-state index is 0. The number of nitrogens with one attached hydrogen (secondary N) is 2. The van der Waals surface area contributed by atoms with Crippen LogP contribution in [-0.4, -0.2) is 91.0 Å². The van der Waals surface area contributed by atoms with E-state index in [0.29, 0.717) is 6.54 Å². The first-order valence-corrected chi connectivity index (χ1v) is 11.2. The van der Waals surface area contributed by atoms with Crippen molar-refractivity contribution < 1.29 is 4.79 Å². The van der Waals surface area contributed by atoms with E-state index in [1.807, 2.05) is 30.1 Å². The Morgan fingerprint density at radius 2 is 1.87 bits per heavy atom. The molecule has 1 aromatic carbocycles. The molecule has 170 valence electrons. The third-order valence-corrected chi connectivity index (χ3v) is 6.34. The number of benzene rings is 1. The number of likely N-dealkylation sites (tertiary alicyclic amines) is 1. The van der Waals surface area contributed by atoms with Crippen LogP contribution in [-0.2, 0) is 11.2 Å². The van der Waals surface area contributed by atoms with E-state index in [2.05, 4.69) is 31.3 Å².